The van der Waals surface area contributed by atoms with Crippen molar-refractivity contribution in [2.75, 3.05) is 0 Å². The van der Waals surface area contributed by atoms with E-state index < -0.39 is 5.97 Å². The predicted octanol–water partition coefficient (Wildman–Crippen LogP) is 3.26. The largest absolute Gasteiger partial charge is 0.481 e. The zero-order valence-electron chi connectivity index (χ0n) is 10.2. The zero-order chi connectivity index (χ0) is 12.9. The molecule has 2 aliphatic rings. The van der Waals surface area contributed by atoms with Gasteiger partial charge < -0.3 is 5.11 Å². The van der Waals surface area contributed by atoms with Gasteiger partial charge >= 0.3 is 5.97 Å². The molecule has 0 saturated carbocycles. The number of carboxylic acid groups (broad SMARTS) is 1. The topological polar surface area (TPSA) is 40.5 Å². The molecule has 0 amide bonds. The number of nitrogens with zero attached hydrogens (tertiary/aromatic N) is 1. The SMILES string of the molecule is Cc1sc(CN2C3CCC2C(C(=O)O)C3)cc1Br. The molecule has 2 bridgehead atoms. The Hall–Kier alpha value is -0.390. The number of aryl methyl sites for hydroxylation is 1. The first-order valence-electron chi connectivity index (χ1n) is 6.29. The van der Waals surface area contributed by atoms with Gasteiger partial charge in [-0.2, -0.15) is 0 Å². The van der Waals surface area contributed by atoms with Crippen LogP contribution in [0.2, 0.25) is 0 Å². The lowest BCUT2D eigenvalue weighted by Gasteiger charge is -2.21. The molecule has 2 aliphatic heterocycles. The molecule has 3 rings (SSSR count). The molecule has 2 fully saturated rings. The zero-order valence-corrected chi connectivity index (χ0v) is 12.6. The van der Waals surface area contributed by atoms with E-state index >= 15 is 0 Å². The number of thiophene rings is 1. The van der Waals surface area contributed by atoms with Gasteiger partial charge in [-0.3, -0.25) is 9.69 Å². The van der Waals surface area contributed by atoms with Crippen molar-refractivity contribution < 1.29 is 9.90 Å². The third kappa shape index (κ3) is 2.02. The number of halogens is 1. The third-order valence-corrected chi connectivity index (χ3v) is 6.37. The minimum Gasteiger partial charge on any atom is -0.481 e. The Morgan fingerprint density at radius 2 is 2.39 bits per heavy atom. The molecule has 1 N–H and O–H groups in total. The Kier molecular flexibility index (Phi) is 3.24. The minimum atomic E-state index is -0.615. The lowest BCUT2D eigenvalue weighted by molar-refractivity contribution is -0.142. The number of carbonyl (C=O) groups is 1. The molecule has 0 spiro atoms. The van der Waals surface area contributed by atoms with Crippen molar-refractivity contribution >= 4 is 33.2 Å². The summed E-state index contributed by atoms with van der Waals surface area (Å²) in [6.07, 6.45) is 3.05. The van der Waals surface area contributed by atoms with Gasteiger partial charge in [-0.05, 0) is 48.2 Å². The molecule has 0 aromatic carbocycles. The fraction of sp³-hybridized carbons (Fsp3) is 0.615. The van der Waals surface area contributed by atoms with E-state index in [-0.39, 0.29) is 12.0 Å². The standard InChI is InChI=1S/C13H16BrNO2S/c1-7-11(14)5-9(18-7)6-15-8-2-3-12(15)10(4-8)13(16)17/h5,8,10,12H,2-4,6H2,1H3,(H,16,17). The van der Waals surface area contributed by atoms with Gasteiger partial charge in [-0.15, -0.1) is 11.3 Å². The average molecular weight is 330 g/mol. The van der Waals surface area contributed by atoms with Crippen LogP contribution in [0, 0.1) is 12.8 Å². The number of carboxylic acids is 1. The lowest BCUT2D eigenvalue weighted by atomic mass is 9.89. The maximum Gasteiger partial charge on any atom is 0.308 e. The van der Waals surface area contributed by atoms with E-state index in [4.69, 9.17) is 0 Å². The number of hydrogen-bond donors (Lipinski definition) is 1. The first-order chi connectivity index (χ1) is 8.56. The van der Waals surface area contributed by atoms with Crippen LogP contribution in [0.1, 0.15) is 29.0 Å². The lowest BCUT2D eigenvalue weighted by Crippen LogP contribution is -2.32. The van der Waals surface area contributed by atoms with Gasteiger partial charge in [0.15, 0.2) is 0 Å². The second-order valence-corrected chi connectivity index (χ2v) is 7.46. The molecule has 1 aromatic heterocycles. The van der Waals surface area contributed by atoms with Crippen LogP contribution in [0.4, 0.5) is 0 Å². The minimum absolute atomic E-state index is 0.145. The Morgan fingerprint density at radius 3 is 2.94 bits per heavy atom. The molecule has 2 saturated heterocycles. The summed E-state index contributed by atoms with van der Waals surface area (Å²) >= 11 is 5.35. The van der Waals surface area contributed by atoms with Gasteiger partial charge in [-0.25, -0.2) is 0 Å². The van der Waals surface area contributed by atoms with E-state index in [1.54, 1.807) is 11.3 Å². The van der Waals surface area contributed by atoms with E-state index in [1.807, 2.05) is 0 Å². The van der Waals surface area contributed by atoms with Crippen LogP contribution in [0.5, 0.6) is 0 Å². The molecule has 3 atom stereocenters. The van der Waals surface area contributed by atoms with Gasteiger partial charge in [0.05, 0.1) is 5.92 Å². The molecule has 3 nitrogen and oxygen atoms in total. The molecule has 0 aliphatic carbocycles. The summed E-state index contributed by atoms with van der Waals surface area (Å²) in [7, 11) is 0. The number of fused-ring (bicyclic) bond motifs is 2. The summed E-state index contributed by atoms with van der Waals surface area (Å²) < 4.78 is 1.17. The first-order valence-corrected chi connectivity index (χ1v) is 7.90. The highest BCUT2D eigenvalue weighted by atomic mass is 79.9. The fourth-order valence-electron chi connectivity index (χ4n) is 3.39. The molecule has 3 unspecified atom stereocenters. The van der Waals surface area contributed by atoms with Gasteiger partial charge in [-0.1, -0.05) is 0 Å². The summed E-state index contributed by atoms with van der Waals surface area (Å²) in [6, 6.07) is 2.92. The Balaban J connectivity index is 1.76. The van der Waals surface area contributed by atoms with Crippen molar-refractivity contribution in [3.8, 4) is 0 Å². The maximum absolute atomic E-state index is 11.2. The molecule has 5 heteroatoms. The average Bonchev–Trinajstić information content (AvgIpc) is 2.95. The summed E-state index contributed by atoms with van der Waals surface area (Å²) in [5.41, 5.74) is 0. The summed E-state index contributed by atoms with van der Waals surface area (Å²) in [4.78, 5) is 16.3. The number of hydrogen-bond acceptors (Lipinski definition) is 3. The highest BCUT2D eigenvalue weighted by Gasteiger charge is 2.49. The van der Waals surface area contributed by atoms with Crippen molar-refractivity contribution in [1.82, 2.24) is 4.90 Å². The molecule has 98 valence electrons. The van der Waals surface area contributed by atoms with E-state index in [0.717, 1.165) is 19.4 Å². The maximum atomic E-state index is 11.2. The first kappa shape index (κ1) is 12.6. The van der Waals surface area contributed by atoms with Gasteiger partial charge in [0.25, 0.3) is 0 Å². The number of rotatable bonds is 3. The van der Waals surface area contributed by atoms with Crippen molar-refractivity contribution in [1.29, 1.82) is 0 Å². The second-order valence-electron chi connectivity index (χ2n) is 5.27. The van der Waals surface area contributed by atoms with E-state index in [0.29, 0.717) is 6.04 Å². The summed E-state index contributed by atoms with van der Waals surface area (Å²) in [6.45, 7) is 3.02. The Morgan fingerprint density at radius 1 is 1.61 bits per heavy atom. The predicted molar refractivity (Wildman–Crippen MR) is 74.9 cm³/mol. The van der Waals surface area contributed by atoms with Crippen molar-refractivity contribution in [3.63, 3.8) is 0 Å². The number of aliphatic carboxylic acids is 1. The van der Waals surface area contributed by atoms with Gasteiger partial charge in [0, 0.05) is 32.9 Å². The van der Waals surface area contributed by atoms with Crippen LogP contribution in [0.15, 0.2) is 10.5 Å². The molecule has 1 aromatic rings. The smallest absolute Gasteiger partial charge is 0.308 e. The molecule has 0 radical (unpaired) electrons. The van der Waals surface area contributed by atoms with Crippen molar-refractivity contribution in [3.05, 3.63) is 20.3 Å². The molecular weight excluding hydrogens is 314 g/mol. The Bertz CT molecular complexity index is 468. The molecule has 18 heavy (non-hydrogen) atoms. The van der Waals surface area contributed by atoms with E-state index in [2.05, 4.69) is 33.8 Å². The highest BCUT2D eigenvalue weighted by molar-refractivity contribution is 9.10. The van der Waals surface area contributed by atoms with Crippen molar-refractivity contribution in [2.45, 2.75) is 44.8 Å². The summed E-state index contributed by atoms with van der Waals surface area (Å²) in [5.74, 6) is -0.760. The highest BCUT2D eigenvalue weighted by Crippen LogP contribution is 2.43. The monoisotopic (exact) mass is 329 g/mol. The molecule has 3 heterocycles. The van der Waals surface area contributed by atoms with Crippen LogP contribution in [0.25, 0.3) is 0 Å². The van der Waals surface area contributed by atoms with Gasteiger partial charge in [0.1, 0.15) is 0 Å². The Labute approximate surface area is 119 Å². The fourth-order valence-corrected chi connectivity index (χ4v) is 5.00. The van der Waals surface area contributed by atoms with Gasteiger partial charge in [0.2, 0.25) is 0 Å². The third-order valence-electron chi connectivity index (χ3n) is 4.24. The van der Waals surface area contributed by atoms with Crippen LogP contribution >= 0.6 is 27.3 Å². The quantitative estimate of drug-likeness (QED) is 0.925. The van der Waals surface area contributed by atoms with E-state index in [1.165, 1.54) is 20.6 Å². The van der Waals surface area contributed by atoms with Crippen LogP contribution in [-0.2, 0) is 11.3 Å². The summed E-state index contributed by atoms with van der Waals surface area (Å²) in [5, 5.41) is 9.24. The van der Waals surface area contributed by atoms with Crippen LogP contribution in [0.3, 0.4) is 0 Å². The van der Waals surface area contributed by atoms with Crippen molar-refractivity contribution in [2.24, 2.45) is 5.92 Å². The van der Waals surface area contributed by atoms with Crippen LogP contribution in [-0.4, -0.2) is 28.1 Å². The van der Waals surface area contributed by atoms with E-state index in [9.17, 15) is 9.90 Å². The second kappa shape index (κ2) is 4.62. The molecular formula is C13H16BrNO2S. The van der Waals surface area contributed by atoms with Crippen LogP contribution < -0.4 is 0 Å². The normalized spacial score (nSPS) is 31.1.